The van der Waals surface area contributed by atoms with E-state index >= 15 is 0 Å². The van der Waals surface area contributed by atoms with Crippen LogP contribution in [-0.2, 0) is 5.88 Å². The first kappa shape index (κ1) is 8.85. The molecule has 0 saturated carbocycles. The van der Waals surface area contributed by atoms with Crippen molar-refractivity contribution in [1.82, 2.24) is 9.97 Å². The Kier molecular flexibility index (Phi) is 2.18. The summed E-state index contributed by atoms with van der Waals surface area (Å²) in [5.41, 5.74) is 2.85. The molecule has 0 aliphatic rings. The fourth-order valence-electron chi connectivity index (χ4n) is 1.33. The summed E-state index contributed by atoms with van der Waals surface area (Å²) < 4.78 is 0. The van der Waals surface area contributed by atoms with E-state index in [9.17, 15) is 0 Å². The normalized spacial score (nSPS) is 11.0. The number of nitrogens with one attached hydrogen (secondary N) is 1. The summed E-state index contributed by atoms with van der Waals surface area (Å²) in [6.45, 7) is 1.99. The van der Waals surface area contributed by atoms with Gasteiger partial charge in [-0.1, -0.05) is 11.6 Å². The lowest BCUT2D eigenvalue weighted by atomic mass is 10.2. The largest absolute Gasteiger partial charge is 0.341 e. The SMILES string of the molecule is Cc1cc(Cl)c2nc(CCl)[nH]c2c1. The lowest BCUT2D eigenvalue weighted by molar-refractivity contribution is 1.13. The third-order valence-corrected chi connectivity index (χ3v) is 2.40. The van der Waals surface area contributed by atoms with Gasteiger partial charge in [0.1, 0.15) is 11.3 Å². The van der Waals surface area contributed by atoms with Crippen LogP contribution in [0, 0.1) is 6.92 Å². The molecule has 2 nitrogen and oxygen atoms in total. The van der Waals surface area contributed by atoms with Gasteiger partial charge in [0.2, 0.25) is 0 Å². The van der Waals surface area contributed by atoms with Crippen LogP contribution < -0.4 is 0 Å². The van der Waals surface area contributed by atoms with Crippen LogP contribution in [0.5, 0.6) is 0 Å². The second-order valence-corrected chi connectivity index (χ2v) is 3.63. The number of rotatable bonds is 1. The van der Waals surface area contributed by atoms with E-state index in [1.807, 2.05) is 19.1 Å². The number of halogens is 2. The number of aryl methyl sites for hydroxylation is 1. The highest BCUT2D eigenvalue weighted by Crippen LogP contribution is 2.23. The minimum atomic E-state index is 0.379. The van der Waals surface area contributed by atoms with E-state index in [-0.39, 0.29) is 0 Å². The third kappa shape index (κ3) is 1.52. The van der Waals surface area contributed by atoms with Crippen molar-refractivity contribution in [2.75, 3.05) is 0 Å². The number of H-pyrrole nitrogens is 1. The molecule has 1 N–H and O–H groups in total. The van der Waals surface area contributed by atoms with Crippen molar-refractivity contribution in [2.24, 2.45) is 0 Å². The van der Waals surface area contributed by atoms with Gasteiger partial charge < -0.3 is 4.98 Å². The molecular weight excluding hydrogens is 207 g/mol. The number of alkyl halides is 1. The van der Waals surface area contributed by atoms with Gasteiger partial charge in [0.05, 0.1) is 16.4 Å². The summed E-state index contributed by atoms with van der Waals surface area (Å²) in [5, 5.41) is 0.669. The number of aromatic amines is 1. The van der Waals surface area contributed by atoms with Gasteiger partial charge in [0.15, 0.2) is 0 Å². The topological polar surface area (TPSA) is 28.7 Å². The molecule has 0 aliphatic carbocycles. The van der Waals surface area contributed by atoms with Crippen LogP contribution >= 0.6 is 23.2 Å². The van der Waals surface area contributed by atoms with Crippen LogP contribution in [0.25, 0.3) is 11.0 Å². The standard InChI is InChI=1S/C9H8Cl2N2/c1-5-2-6(11)9-7(3-5)12-8(4-10)13-9/h2-3H,4H2,1H3,(H,12,13). The van der Waals surface area contributed by atoms with Gasteiger partial charge >= 0.3 is 0 Å². The van der Waals surface area contributed by atoms with Crippen LogP contribution in [0.1, 0.15) is 11.4 Å². The summed E-state index contributed by atoms with van der Waals surface area (Å²) >= 11 is 11.7. The molecule has 13 heavy (non-hydrogen) atoms. The molecule has 0 atom stereocenters. The molecule has 0 aliphatic heterocycles. The second-order valence-electron chi connectivity index (χ2n) is 2.96. The van der Waals surface area contributed by atoms with E-state index in [4.69, 9.17) is 23.2 Å². The molecule has 2 rings (SSSR count). The van der Waals surface area contributed by atoms with Crippen molar-refractivity contribution in [1.29, 1.82) is 0 Å². The van der Waals surface area contributed by atoms with Crippen molar-refractivity contribution in [3.05, 3.63) is 28.5 Å². The van der Waals surface area contributed by atoms with Crippen LogP contribution in [0.3, 0.4) is 0 Å². The lowest BCUT2D eigenvalue weighted by Gasteiger charge is -1.94. The number of fused-ring (bicyclic) bond motifs is 1. The van der Waals surface area contributed by atoms with Crippen molar-refractivity contribution in [3.8, 4) is 0 Å². The molecule has 4 heteroatoms. The predicted octanol–water partition coefficient (Wildman–Crippen LogP) is 3.26. The number of aromatic nitrogens is 2. The molecule has 0 bridgehead atoms. The maximum atomic E-state index is 6.01. The molecule has 1 aromatic heterocycles. The minimum absolute atomic E-state index is 0.379. The van der Waals surface area contributed by atoms with E-state index in [0.717, 1.165) is 22.4 Å². The van der Waals surface area contributed by atoms with E-state index < -0.39 is 0 Å². The fraction of sp³-hybridized carbons (Fsp3) is 0.222. The van der Waals surface area contributed by atoms with Crippen LogP contribution in [0.15, 0.2) is 12.1 Å². The summed E-state index contributed by atoms with van der Waals surface area (Å²) in [7, 11) is 0. The Balaban J connectivity index is 2.75. The average Bonchev–Trinajstić information content (AvgIpc) is 2.47. The third-order valence-electron chi connectivity index (χ3n) is 1.86. The van der Waals surface area contributed by atoms with Gasteiger partial charge in [-0.2, -0.15) is 0 Å². The van der Waals surface area contributed by atoms with Crippen LogP contribution in [0.2, 0.25) is 5.02 Å². The monoisotopic (exact) mass is 214 g/mol. The number of hydrogen-bond donors (Lipinski definition) is 1. The van der Waals surface area contributed by atoms with Gasteiger partial charge in [-0.3, -0.25) is 0 Å². The number of nitrogens with zero attached hydrogens (tertiary/aromatic N) is 1. The average molecular weight is 215 g/mol. The predicted molar refractivity (Wildman–Crippen MR) is 55.4 cm³/mol. The van der Waals surface area contributed by atoms with Crippen LogP contribution in [0.4, 0.5) is 0 Å². The zero-order chi connectivity index (χ0) is 9.42. The summed E-state index contributed by atoms with van der Waals surface area (Å²) in [6, 6.07) is 3.90. The summed E-state index contributed by atoms with van der Waals surface area (Å²) in [5.74, 6) is 1.13. The molecule has 0 amide bonds. The Labute approximate surface area is 85.9 Å². The summed E-state index contributed by atoms with van der Waals surface area (Å²) in [6.07, 6.45) is 0. The number of benzene rings is 1. The molecule has 0 saturated heterocycles. The van der Waals surface area contributed by atoms with Crippen molar-refractivity contribution >= 4 is 34.2 Å². The maximum Gasteiger partial charge on any atom is 0.122 e. The van der Waals surface area contributed by atoms with E-state index in [1.54, 1.807) is 0 Å². The Hall–Kier alpha value is -0.730. The highest BCUT2D eigenvalue weighted by molar-refractivity contribution is 6.35. The smallest absolute Gasteiger partial charge is 0.122 e. The zero-order valence-electron chi connectivity index (χ0n) is 7.06. The molecule has 0 fully saturated rings. The van der Waals surface area contributed by atoms with E-state index in [0.29, 0.717) is 10.9 Å². The molecule has 0 radical (unpaired) electrons. The first-order valence-corrected chi connectivity index (χ1v) is 4.82. The van der Waals surface area contributed by atoms with Gasteiger partial charge in [0, 0.05) is 0 Å². The first-order valence-electron chi connectivity index (χ1n) is 3.91. The highest BCUT2D eigenvalue weighted by Gasteiger charge is 2.05. The Morgan fingerprint density at radius 1 is 1.46 bits per heavy atom. The minimum Gasteiger partial charge on any atom is -0.341 e. The molecule has 1 aromatic carbocycles. The summed E-state index contributed by atoms with van der Waals surface area (Å²) in [4.78, 5) is 7.35. The van der Waals surface area contributed by atoms with E-state index in [2.05, 4.69) is 9.97 Å². The number of hydrogen-bond acceptors (Lipinski definition) is 1. The maximum absolute atomic E-state index is 6.01. The highest BCUT2D eigenvalue weighted by atomic mass is 35.5. The molecule has 68 valence electrons. The van der Waals surface area contributed by atoms with Crippen LogP contribution in [-0.4, -0.2) is 9.97 Å². The van der Waals surface area contributed by atoms with Crippen molar-refractivity contribution in [2.45, 2.75) is 12.8 Å². The lowest BCUT2D eigenvalue weighted by Crippen LogP contribution is -1.77. The van der Waals surface area contributed by atoms with Gasteiger partial charge in [-0.05, 0) is 24.6 Å². The molecule has 0 unspecified atom stereocenters. The quantitative estimate of drug-likeness (QED) is 0.726. The van der Waals surface area contributed by atoms with E-state index in [1.165, 1.54) is 0 Å². The molecule has 2 aromatic rings. The molecule has 0 spiro atoms. The van der Waals surface area contributed by atoms with Crippen molar-refractivity contribution < 1.29 is 0 Å². The molecular formula is C9H8Cl2N2. The second kappa shape index (κ2) is 3.20. The van der Waals surface area contributed by atoms with Gasteiger partial charge in [0.25, 0.3) is 0 Å². The van der Waals surface area contributed by atoms with Gasteiger partial charge in [-0.15, -0.1) is 11.6 Å². The molecule has 1 heterocycles. The van der Waals surface area contributed by atoms with Gasteiger partial charge in [-0.25, -0.2) is 4.98 Å². The zero-order valence-corrected chi connectivity index (χ0v) is 8.58. The first-order chi connectivity index (χ1) is 6.20. The Morgan fingerprint density at radius 3 is 2.92 bits per heavy atom. The number of imidazole rings is 1. The Morgan fingerprint density at radius 2 is 2.23 bits per heavy atom. The fourth-order valence-corrected chi connectivity index (χ4v) is 1.77. The van der Waals surface area contributed by atoms with Crippen molar-refractivity contribution in [3.63, 3.8) is 0 Å². The Bertz CT molecular complexity index is 448.